The molecule has 114 valence electrons. The summed E-state index contributed by atoms with van der Waals surface area (Å²) < 4.78 is 0. The van der Waals surface area contributed by atoms with Crippen molar-refractivity contribution < 1.29 is 9.59 Å². The Balaban J connectivity index is 2.44. The van der Waals surface area contributed by atoms with Gasteiger partial charge in [-0.15, -0.1) is 0 Å². The molecule has 0 saturated carbocycles. The van der Waals surface area contributed by atoms with Crippen molar-refractivity contribution in [2.45, 2.75) is 27.7 Å². The van der Waals surface area contributed by atoms with E-state index in [9.17, 15) is 9.59 Å². The summed E-state index contributed by atoms with van der Waals surface area (Å²) in [6.45, 7) is 12.8. The summed E-state index contributed by atoms with van der Waals surface area (Å²) in [7, 11) is 0. The lowest BCUT2D eigenvalue weighted by Crippen LogP contribution is -2.52. The van der Waals surface area contributed by atoms with Crippen LogP contribution in [0.1, 0.15) is 27.7 Å². The topological polar surface area (TPSA) is 43.9 Å². The van der Waals surface area contributed by atoms with E-state index in [0.29, 0.717) is 32.7 Å². The fourth-order valence-electron chi connectivity index (χ4n) is 2.25. The molecule has 0 spiro atoms. The summed E-state index contributed by atoms with van der Waals surface area (Å²) in [5, 5.41) is 0. The summed E-state index contributed by atoms with van der Waals surface area (Å²) >= 11 is 0. The highest BCUT2D eigenvalue weighted by Crippen LogP contribution is 2.05. The number of piperazine rings is 1. The zero-order chi connectivity index (χ0) is 15.1. The number of allylic oxidation sites excluding steroid dienone is 1. The fourth-order valence-corrected chi connectivity index (χ4v) is 2.25. The molecule has 0 atom stereocenters. The van der Waals surface area contributed by atoms with Gasteiger partial charge in [-0.25, -0.2) is 0 Å². The molecule has 20 heavy (non-hydrogen) atoms. The second kappa shape index (κ2) is 8.04. The summed E-state index contributed by atoms with van der Waals surface area (Å²) in [5.74, 6) is 0.226. The van der Waals surface area contributed by atoms with Crippen LogP contribution in [0.3, 0.4) is 0 Å². The molecule has 1 saturated heterocycles. The van der Waals surface area contributed by atoms with Crippen molar-refractivity contribution >= 4 is 11.8 Å². The Hall–Kier alpha value is -1.36. The minimum Gasteiger partial charge on any atom is -0.338 e. The van der Waals surface area contributed by atoms with Gasteiger partial charge in [-0.3, -0.25) is 14.5 Å². The van der Waals surface area contributed by atoms with E-state index in [1.54, 1.807) is 6.08 Å². The van der Waals surface area contributed by atoms with Gasteiger partial charge >= 0.3 is 0 Å². The molecule has 5 nitrogen and oxygen atoms in total. The first-order valence-corrected chi connectivity index (χ1v) is 7.41. The molecule has 0 bridgehead atoms. The van der Waals surface area contributed by atoms with Crippen LogP contribution >= 0.6 is 0 Å². The van der Waals surface area contributed by atoms with Gasteiger partial charge in [0.25, 0.3) is 0 Å². The van der Waals surface area contributed by atoms with E-state index in [1.807, 2.05) is 23.6 Å². The molecule has 0 N–H and O–H groups in total. The standard InChI is InChI=1S/C15H27N3O2/c1-5-16(6-2)12-15(20)18-9-7-17(8-10-18)14(19)11-13(3)4/h11H,5-10,12H2,1-4H3. The maximum absolute atomic E-state index is 12.1. The van der Waals surface area contributed by atoms with E-state index in [-0.39, 0.29) is 11.8 Å². The third-order valence-electron chi connectivity index (χ3n) is 3.61. The molecule has 0 aliphatic carbocycles. The Morgan fingerprint density at radius 2 is 1.50 bits per heavy atom. The Bertz CT molecular complexity index is 363. The van der Waals surface area contributed by atoms with Gasteiger partial charge in [0.05, 0.1) is 6.54 Å². The van der Waals surface area contributed by atoms with Gasteiger partial charge in [-0.1, -0.05) is 19.4 Å². The van der Waals surface area contributed by atoms with Crippen LogP contribution in [0.25, 0.3) is 0 Å². The van der Waals surface area contributed by atoms with Crippen molar-refractivity contribution in [2.24, 2.45) is 0 Å². The maximum Gasteiger partial charge on any atom is 0.246 e. The molecule has 0 unspecified atom stereocenters. The van der Waals surface area contributed by atoms with Gasteiger partial charge in [0, 0.05) is 32.3 Å². The van der Waals surface area contributed by atoms with E-state index in [2.05, 4.69) is 18.7 Å². The fraction of sp³-hybridized carbons (Fsp3) is 0.733. The highest BCUT2D eigenvalue weighted by Gasteiger charge is 2.23. The van der Waals surface area contributed by atoms with Crippen LogP contribution in [-0.4, -0.2) is 72.3 Å². The van der Waals surface area contributed by atoms with E-state index < -0.39 is 0 Å². The normalized spacial score (nSPS) is 15.4. The second-order valence-corrected chi connectivity index (χ2v) is 5.39. The van der Waals surface area contributed by atoms with Crippen LogP contribution in [0.4, 0.5) is 0 Å². The molecule has 0 aromatic carbocycles. The average molecular weight is 281 g/mol. The van der Waals surface area contributed by atoms with Gasteiger partial charge in [0.15, 0.2) is 0 Å². The Labute approximate surface area is 122 Å². The SMILES string of the molecule is CCN(CC)CC(=O)N1CCN(C(=O)C=C(C)C)CC1. The Morgan fingerprint density at radius 3 is 1.95 bits per heavy atom. The molecular formula is C15H27N3O2. The lowest BCUT2D eigenvalue weighted by molar-refractivity contribution is -0.138. The zero-order valence-electron chi connectivity index (χ0n) is 13.2. The third-order valence-corrected chi connectivity index (χ3v) is 3.61. The number of rotatable bonds is 5. The molecule has 1 aliphatic heterocycles. The Kier molecular flexibility index (Phi) is 6.71. The van der Waals surface area contributed by atoms with Crippen LogP contribution in [0.15, 0.2) is 11.6 Å². The largest absolute Gasteiger partial charge is 0.338 e. The monoisotopic (exact) mass is 281 g/mol. The number of amides is 2. The molecule has 1 fully saturated rings. The molecule has 2 amide bonds. The van der Waals surface area contributed by atoms with Crippen molar-refractivity contribution in [2.75, 3.05) is 45.8 Å². The maximum atomic E-state index is 12.1. The van der Waals surface area contributed by atoms with Gasteiger partial charge in [-0.05, 0) is 26.9 Å². The smallest absolute Gasteiger partial charge is 0.246 e. The summed E-state index contributed by atoms with van der Waals surface area (Å²) in [6.07, 6.45) is 1.66. The quantitative estimate of drug-likeness (QED) is 0.705. The van der Waals surface area contributed by atoms with E-state index >= 15 is 0 Å². The number of carbonyl (C=O) groups excluding carboxylic acids is 2. The van der Waals surface area contributed by atoms with Gasteiger partial charge in [0.1, 0.15) is 0 Å². The van der Waals surface area contributed by atoms with Crippen LogP contribution < -0.4 is 0 Å². The first-order valence-electron chi connectivity index (χ1n) is 7.41. The number of carbonyl (C=O) groups is 2. The number of hydrogen-bond donors (Lipinski definition) is 0. The minimum atomic E-state index is 0.0563. The van der Waals surface area contributed by atoms with E-state index in [0.717, 1.165) is 18.7 Å². The molecule has 0 aromatic rings. The Morgan fingerprint density at radius 1 is 1.00 bits per heavy atom. The van der Waals surface area contributed by atoms with Crippen molar-refractivity contribution in [3.8, 4) is 0 Å². The predicted molar refractivity (Wildman–Crippen MR) is 80.4 cm³/mol. The summed E-state index contributed by atoms with van der Waals surface area (Å²) in [5.41, 5.74) is 1.01. The number of nitrogens with zero attached hydrogens (tertiary/aromatic N) is 3. The van der Waals surface area contributed by atoms with Crippen LogP contribution in [0.5, 0.6) is 0 Å². The van der Waals surface area contributed by atoms with E-state index in [1.165, 1.54) is 0 Å². The molecule has 1 heterocycles. The van der Waals surface area contributed by atoms with Crippen LogP contribution in [0.2, 0.25) is 0 Å². The highest BCUT2D eigenvalue weighted by molar-refractivity contribution is 5.88. The lowest BCUT2D eigenvalue weighted by atomic mass is 10.2. The second-order valence-electron chi connectivity index (χ2n) is 5.39. The minimum absolute atomic E-state index is 0.0563. The predicted octanol–water partition coefficient (Wildman–Crippen LogP) is 0.965. The average Bonchev–Trinajstić information content (AvgIpc) is 2.43. The number of likely N-dealkylation sites (N-methyl/N-ethyl adjacent to an activating group) is 1. The summed E-state index contributed by atoms with van der Waals surface area (Å²) in [6, 6.07) is 0. The molecule has 0 radical (unpaired) electrons. The van der Waals surface area contributed by atoms with Gasteiger partial charge in [-0.2, -0.15) is 0 Å². The van der Waals surface area contributed by atoms with Gasteiger partial charge in [0.2, 0.25) is 11.8 Å². The highest BCUT2D eigenvalue weighted by atomic mass is 16.2. The summed E-state index contributed by atoms with van der Waals surface area (Å²) in [4.78, 5) is 29.8. The molecular weight excluding hydrogens is 254 g/mol. The first-order chi connectivity index (χ1) is 9.47. The van der Waals surface area contributed by atoms with Crippen LogP contribution in [0, 0.1) is 0 Å². The molecule has 1 rings (SSSR count). The molecule has 1 aliphatic rings. The van der Waals surface area contributed by atoms with Crippen molar-refractivity contribution in [3.05, 3.63) is 11.6 Å². The van der Waals surface area contributed by atoms with E-state index in [4.69, 9.17) is 0 Å². The van der Waals surface area contributed by atoms with Crippen LogP contribution in [-0.2, 0) is 9.59 Å². The molecule has 0 aromatic heterocycles. The lowest BCUT2D eigenvalue weighted by Gasteiger charge is -2.35. The van der Waals surface area contributed by atoms with Crippen molar-refractivity contribution in [1.29, 1.82) is 0 Å². The zero-order valence-corrected chi connectivity index (χ0v) is 13.2. The molecule has 5 heteroatoms. The number of hydrogen-bond acceptors (Lipinski definition) is 3. The first kappa shape index (κ1) is 16.7. The van der Waals surface area contributed by atoms with Gasteiger partial charge < -0.3 is 9.80 Å². The van der Waals surface area contributed by atoms with Crippen molar-refractivity contribution in [1.82, 2.24) is 14.7 Å². The third kappa shape index (κ3) is 4.96. The van der Waals surface area contributed by atoms with Crippen molar-refractivity contribution in [3.63, 3.8) is 0 Å².